The molecule has 1 saturated heterocycles. The Bertz CT molecular complexity index is 635. The molecule has 0 spiro atoms. The second-order valence-corrected chi connectivity index (χ2v) is 6.71. The summed E-state index contributed by atoms with van der Waals surface area (Å²) in [6, 6.07) is 13.5. The molecule has 3 nitrogen and oxygen atoms in total. The lowest BCUT2D eigenvalue weighted by Crippen LogP contribution is -2.25. The summed E-state index contributed by atoms with van der Waals surface area (Å²) in [6.07, 6.45) is 2.70. The third-order valence-electron chi connectivity index (χ3n) is 4.09. The van der Waals surface area contributed by atoms with Crippen LogP contribution in [0.15, 0.2) is 42.5 Å². The Morgan fingerprint density at radius 2 is 1.83 bits per heavy atom. The fourth-order valence-corrected chi connectivity index (χ4v) is 3.22. The standard InChI is InChI=1S/C19H21Cl2NO2/c20-18-4-1-5-19(21)17(18)13-24-15-8-6-14(7-9-15)11-22-12-16-3-2-10-23-16/h1,4-9,16,22H,2-3,10-13H2. The molecule has 0 amide bonds. The van der Waals surface area contributed by atoms with Gasteiger partial charge in [0.05, 0.1) is 6.10 Å². The number of ether oxygens (including phenoxy) is 2. The minimum absolute atomic E-state index is 0.356. The number of rotatable bonds is 7. The van der Waals surface area contributed by atoms with Gasteiger partial charge in [-0.2, -0.15) is 0 Å². The van der Waals surface area contributed by atoms with Gasteiger partial charge < -0.3 is 14.8 Å². The molecule has 1 unspecified atom stereocenters. The van der Waals surface area contributed by atoms with Crippen LogP contribution >= 0.6 is 23.2 Å². The average molecular weight is 366 g/mol. The predicted octanol–water partition coefficient (Wildman–Crippen LogP) is 4.84. The van der Waals surface area contributed by atoms with Gasteiger partial charge in [-0.25, -0.2) is 0 Å². The van der Waals surface area contributed by atoms with Crippen LogP contribution in [0.1, 0.15) is 24.0 Å². The molecule has 1 N–H and O–H groups in total. The van der Waals surface area contributed by atoms with Crippen molar-refractivity contribution in [3.8, 4) is 5.75 Å². The molecule has 5 heteroatoms. The minimum atomic E-state index is 0.356. The van der Waals surface area contributed by atoms with Crippen molar-refractivity contribution >= 4 is 23.2 Å². The molecule has 0 aromatic heterocycles. The van der Waals surface area contributed by atoms with Gasteiger partial charge in [-0.3, -0.25) is 0 Å². The zero-order chi connectivity index (χ0) is 16.8. The van der Waals surface area contributed by atoms with Crippen molar-refractivity contribution in [2.75, 3.05) is 13.2 Å². The molecule has 128 valence electrons. The maximum absolute atomic E-state index is 6.15. The number of hydrogen-bond donors (Lipinski definition) is 1. The fraction of sp³-hybridized carbons (Fsp3) is 0.368. The van der Waals surface area contributed by atoms with E-state index in [9.17, 15) is 0 Å². The van der Waals surface area contributed by atoms with Crippen molar-refractivity contribution in [1.29, 1.82) is 0 Å². The normalized spacial score (nSPS) is 17.2. The minimum Gasteiger partial charge on any atom is -0.489 e. The molecule has 1 atom stereocenters. The van der Waals surface area contributed by atoms with E-state index in [1.54, 1.807) is 0 Å². The van der Waals surface area contributed by atoms with E-state index in [0.717, 1.165) is 37.4 Å². The maximum Gasteiger partial charge on any atom is 0.119 e. The molecule has 3 rings (SSSR count). The Kier molecular flexibility index (Phi) is 6.38. The average Bonchev–Trinajstić information content (AvgIpc) is 3.09. The van der Waals surface area contributed by atoms with Crippen LogP contribution < -0.4 is 10.1 Å². The highest BCUT2D eigenvalue weighted by Crippen LogP contribution is 2.26. The van der Waals surface area contributed by atoms with Crippen LogP contribution in [0.2, 0.25) is 10.0 Å². The van der Waals surface area contributed by atoms with Crippen LogP contribution in [-0.2, 0) is 17.9 Å². The van der Waals surface area contributed by atoms with Crippen molar-refractivity contribution in [1.82, 2.24) is 5.32 Å². The van der Waals surface area contributed by atoms with Gasteiger partial charge in [0.1, 0.15) is 12.4 Å². The van der Waals surface area contributed by atoms with E-state index in [1.807, 2.05) is 30.3 Å². The number of halogens is 2. The van der Waals surface area contributed by atoms with Gasteiger partial charge in [0.15, 0.2) is 0 Å². The lowest BCUT2D eigenvalue weighted by molar-refractivity contribution is 0.110. The van der Waals surface area contributed by atoms with E-state index >= 15 is 0 Å². The highest BCUT2D eigenvalue weighted by molar-refractivity contribution is 6.35. The molecule has 2 aromatic rings. The van der Waals surface area contributed by atoms with Crippen LogP contribution in [0.5, 0.6) is 5.75 Å². The first kappa shape index (κ1) is 17.6. The van der Waals surface area contributed by atoms with Crippen LogP contribution in [-0.4, -0.2) is 19.3 Å². The van der Waals surface area contributed by atoms with Crippen LogP contribution in [0, 0.1) is 0 Å². The summed E-state index contributed by atoms with van der Waals surface area (Å²) in [5.74, 6) is 0.800. The van der Waals surface area contributed by atoms with Crippen molar-refractivity contribution in [2.45, 2.75) is 32.1 Å². The number of benzene rings is 2. The molecule has 24 heavy (non-hydrogen) atoms. The first-order chi connectivity index (χ1) is 11.7. The first-order valence-electron chi connectivity index (χ1n) is 8.19. The largest absolute Gasteiger partial charge is 0.489 e. The summed E-state index contributed by atoms with van der Waals surface area (Å²) >= 11 is 12.3. The monoisotopic (exact) mass is 365 g/mol. The summed E-state index contributed by atoms with van der Waals surface area (Å²) in [5, 5.41) is 4.68. The Morgan fingerprint density at radius 3 is 2.50 bits per heavy atom. The molecule has 0 radical (unpaired) electrons. The first-order valence-corrected chi connectivity index (χ1v) is 8.95. The highest BCUT2D eigenvalue weighted by atomic mass is 35.5. The van der Waals surface area contributed by atoms with Gasteiger partial charge in [-0.1, -0.05) is 41.4 Å². The van der Waals surface area contributed by atoms with E-state index < -0.39 is 0 Å². The van der Waals surface area contributed by atoms with Crippen molar-refractivity contribution < 1.29 is 9.47 Å². The molecule has 0 aliphatic carbocycles. The predicted molar refractivity (Wildman–Crippen MR) is 97.9 cm³/mol. The molecule has 1 heterocycles. The second kappa shape index (κ2) is 8.72. The van der Waals surface area contributed by atoms with Gasteiger partial charge in [-0.05, 0) is 42.7 Å². The quantitative estimate of drug-likeness (QED) is 0.761. The Balaban J connectivity index is 1.47. The molecule has 0 saturated carbocycles. The van der Waals surface area contributed by atoms with Crippen molar-refractivity contribution in [3.63, 3.8) is 0 Å². The topological polar surface area (TPSA) is 30.5 Å². The van der Waals surface area contributed by atoms with E-state index in [0.29, 0.717) is 22.8 Å². The van der Waals surface area contributed by atoms with Gasteiger partial charge in [0, 0.05) is 35.3 Å². The Hall–Kier alpha value is -1.26. The van der Waals surface area contributed by atoms with Crippen LogP contribution in [0.4, 0.5) is 0 Å². The lowest BCUT2D eigenvalue weighted by atomic mass is 10.2. The van der Waals surface area contributed by atoms with Gasteiger partial charge in [0.25, 0.3) is 0 Å². The molecule has 2 aromatic carbocycles. The summed E-state index contributed by atoms with van der Waals surface area (Å²) < 4.78 is 11.4. The Labute approximate surface area is 152 Å². The number of nitrogens with one attached hydrogen (secondary N) is 1. The molecule has 0 bridgehead atoms. The zero-order valence-corrected chi connectivity index (χ0v) is 14.9. The van der Waals surface area contributed by atoms with E-state index in [2.05, 4.69) is 17.4 Å². The summed E-state index contributed by atoms with van der Waals surface area (Å²) in [7, 11) is 0. The molecular formula is C19H21Cl2NO2. The third-order valence-corrected chi connectivity index (χ3v) is 4.80. The smallest absolute Gasteiger partial charge is 0.119 e. The van der Waals surface area contributed by atoms with Crippen molar-refractivity contribution in [3.05, 3.63) is 63.6 Å². The molecule has 1 aliphatic rings. The summed E-state index contributed by atoms with van der Waals surface area (Å²) in [5.41, 5.74) is 2.03. The molecule has 1 aliphatic heterocycles. The highest BCUT2D eigenvalue weighted by Gasteiger charge is 2.14. The fourth-order valence-electron chi connectivity index (χ4n) is 2.71. The van der Waals surface area contributed by atoms with Crippen molar-refractivity contribution in [2.24, 2.45) is 0 Å². The SMILES string of the molecule is Clc1cccc(Cl)c1COc1ccc(CNCC2CCCO2)cc1. The molecule has 1 fully saturated rings. The van der Waals surface area contributed by atoms with Gasteiger partial charge >= 0.3 is 0 Å². The maximum atomic E-state index is 6.15. The van der Waals surface area contributed by atoms with E-state index in [1.165, 1.54) is 12.0 Å². The molecular weight excluding hydrogens is 345 g/mol. The summed E-state index contributed by atoms with van der Waals surface area (Å²) in [4.78, 5) is 0. The van der Waals surface area contributed by atoms with Gasteiger partial charge in [-0.15, -0.1) is 0 Å². The van der Waals surface area contributed by atoms with E-state index in [-0.39, 0.29) is 0 Å². The third kappa shape index (κ3) is 4.87. The zero-order valence-electron chi connectivity index (χ0n) is 13.4. The van der Waals surface area contributed by atoms with Crippen LogP contribution in [0.25, 0.3) is 0 Å². The summed E-state index contributed by atoms with van der Waals surface area (Å²) in [6.45, 7) is 2.99. The van der Waals surface area contributed by atoms with Crippen LogP contribution in [0.3, 0.4) is 0 Å². The van der Waals surface area contributed by atoms with E-state index in [4.69, 9.17) is 32.7 Å². The Morgan fingerprint density at radius 1 is 1.08 bits per heavy atom. The second-order valence-electron chi connectivity index (χ2n) is 5.90. The van der Waals surface area contributed by atoms with Gasteiger partial charge in [0.2, 0.25) is 0 Å². The number of hydrogen-bond acceptors (Lipinski definition) is 3. The lowest BCUT2D eigenvalue weighted by Gasteiger charge is -2.12.